The van der Waals surface area contributed by atoms with Crippen molar-refractivity contribution in [2.24, 2.45) is 0 Å². The van der Waals surface area contributed by atoms with Crippen LogP contribution in [0.2, 0.25) is 0 Å². The molecule has 8 heteroatoms. The number of nitrogens with zero attached hydrogens (tertiary/aromatic N) is 2. The molecule has 0 aromatic heterocycles. The first kappa shape index (κ1) is 32.2. The minimum atomic E-state index is -0.870. The predicted octanol–water partition coefficient (Wildman–Crippen LogP) is 7.25. The molecule has 41 heavy (non-hydrogen) atoms. The number of nitriles is 2. The zero-order valence-corrected chi connectivity index (χ0v) is 27.8. The standard InChI is InChI=1S/C19H25NO2.C14H17NO.H2P2S/c1-14-10-16-12-19(13-20,17(16)11-15(14)2)7-5-9-22-18-6-3-4-8-21-18;1-10-6-12-8-14(9-15,4-3-5-16)13(12)7-11(10)2;1-2-3/h10-11,18H,3-9,12H2,1-2H3;6-7,16H,3-5,8H2,1-2H3;1H2/p+1/i/hT. The van der Waals surface area contributed by atoms with Crippen LogP contribution in [0, 0.1) is 50.4 Å². The highest BCUT2D eigenvalue weighted by Gasteiger charge is 2.43. The molecule has 1 saturated heterocycles. The van der Waals surface area contributed by atoms with E-state index >= 15 is 0 Å². The molecule has 1 aliphatic heterocycles. The van der Waals surface area contributed by atoms with Gasteiger partial charge in [0.1, 0.15) is 0 Å². The molecule has 5 atom stereocenters. The van der Waals surface area contributed by atoms with Gasteiger partial charge in [-0.05, 0) is 130 Å². The number of hydrogen-bond acceptors (Lipinski definition) is 6. The lowest BCUT2D eigenvalue weighted by Crippen LogP contribution is -2.38. The van der Waals surface area contributed by atoms with Crippen LogP contribution in [0.5, 0.6) is 0 Å². The zero-order valence-electron chi connectivity index (χ0n) is 26.0. The summed E-state index contributed by atoms with van der Waals surface area (Å²) in [6.45, 7) is 9.26. The Hall–Kier alpha value is -1.75. The molecule has 5 rings (SSSR count). The van der Waals surface area contributed by atoms with Crippen LogP contribution in [0.4, 0.5) is 0 Å². The van der Waals surface area contributed by atoms with Crippen molar-refractivity contribution in [3.63, 3.8) is 0 Å². The van der Waals surface area contributed by atoms with E-state index in [1.165, 1.54) is 50.9 Å². The smallest absolute Gasteiger partial charge is 0.355 e. The fourth-order valence-corrected chi connectivity index (χ4v) is 6.13. The molecule has 2 aromatic carbocycles. The van der Waals surface area contributed by atoms with Crippen LogP contribution in [0.25, 0.3) is 0 Å². The fraction of sp³-hybridized carbons (Fsp3) is 0.576. The Balaban J connectivity index is 0.000000213. The molecule has 3 aliphatic rings. The molecule has 1 N–H and O–H groups in total. The van der Waals surface area contributed by atoms with Crippen molar-refractivity contribution in [3.8, 4) is 12.1 Å². The number of aliphatic hydroxyl groups is 1. The van der Waals surface area contributed by atoms with E-state index in [1.54, 1.807) is 0 Å². The van der Waals surface area contributed by atoms with E-state index < -0.39 is 6.99 Å². The Kier molecular flexibility index (Phi) is 12.3. The highest BCUT2D eigenvalue weighted by atomic mass is 32.6. The van der Waals surface area contributed by atoms with Crippen LogP contribution in [-0.4, -0.2) is 32.5 Å². The van der Waals surface area contributed by atoms with Crippen LogP contribution in [-0.2, 0) is 45.0 Å². The summed E-state index contributed by atoms with van der Waals surface area (Å²) in [5.41, 5.74) is 9.63. The summed E-state index contributed by atoms with van der Waals surface area (Å²) >= 11 is 4.31. The largest absolute Gasteiger partial charge is 0.396 e. The van der Waals surface area contributed by atoms with Gasteiger partial charge in [0.15, 0.2) is 25.1 Å². The molecule has 1 fully saturated rings. The Bertz CT molecular complexity index is 1350. The second kappa shape index (κ2) is 15.6. The quantitative estimate of drug-likeness (QED) is 0.249. The SMILES string of the molecule is Cc1cc2c(cc1C)C(C#N)(CCCO)C2.Cc1cc2c(cc1C)C(C#N)(CCCOC1CCCCO1)C2.[3H][P+](P)=S. The molecule has 2 aromatic rings. The summed E-state index contributed by atoms with van der Waals surface area (Å²) in [4.78, 5) is 0. The second-order valence-electron chi connectivity index (χ2n) is 11.6. The van der Waals surface area contributed by atoms with E-state index in [9.17, 15) is 10.5 Å². The second-order valence-corrected chi connectivity index (χ2v) is 14.4. The van der Waals surface area contributed by atoms with Gasteiger partial charge in [-0.15, -0.1) is 0 Å². The Labute approximate surface area is 256 Å². The third-order valence-corrected chi connectivity index (χ3v) is 8.83. The first-order chi connectivity index (χ1) is 20.0. The summed E-state index contributed by atoms with van der Waals surface area (Å²) in [6, 6.07) is 13.8. The molecule has 1 heterocycles. The Morgan fingerprint density at radius 1 is 0.976 bits per heavy atom. The predicted molar refractivity (Wildman–Crippen MR) is 174 cm³/mol. The van der Waals surface area contributed by atoms with Crippen molar-refractivity contribution in [1.29, 1.82) is 11.8 Å². The number of aryl methyl sites for hydroxylation is 4. The van der Waals surface area contributed by atoms with Gasteiger partial charge in [0.25, 0.3) is 0 Å². The normalized spacial score (nSPS) is 24.1. The maximum absolute atomic E-state index is 9.68. The first-order valence-electron chi connectivity index (χ1n) is 15.0. The zero-order chi connectivity index (χ0) is 30.9. The van der Waals surface area contributed by atoms with E-state index in [-0.39, 0.29) is 23.7 Å². The summed E-state index contributed by atoms with van der Waals surface area (Å²) in [5, 5.41) is 27.9. The Morgan fingerprint density at radius 3 is 1.90 bits per heavy atom. The van der Waals surface area contributed by atoms with Gasteiger partial charge in [-0.2, -0.15) is 10.5 Å². The molecule has 0 radical (unpaired) electrons. The van der Waals surface area contributed by atoms with Crippen molar-refractivity contribution < 1.29 is 14.6 Å². The summed E-state index contributed by atoms with van der Waals surface area (Å²) in [7, 11) is 2.20. The molecule has 0 spiro atoms. The van der Waals surface area contributed by atoms with Crippen molar-refractivity contribution in [2.45, 2.75) is 103 Å². The van der Waals surface area contributed by atoms with Gasteiger partial charge in [-0.1, -0.05) is 24.3 Å². The van der Waals surface area contributed by atoms with Crippen molar-refractivity contribution in [1.82, 2.24) is 0 Å². The fourth-order valence-electron chi connectivity index (χ4n) is 6.13. The number of rotatable bonds is 8. The van der Waals surface area contributed by atoms with Gasteiger partial charge < -0.3 is 14.6 Å². The summed E-state index contributed by atoms with van der Waals surface area (Å²) in [6.07, 6.45) is 8.34. The monoisotopic (exact) mass is 613 g/mol. The maximum atomic E-state index is 9.68. The molecule has 2 aliphatic carbocycles. The van der Waals surface area contributed by atoms with Gasteiger partial charge in [-0.3, -0.25) is 0 Å². The van der Waals surface area contributed by atoms with Gasteiger partial charge in [0, 0.05) is 19.8 Å². The highest BCUT2D eigenvalue weighted by Crippen LogP contribution is 2.46. The number of fused-ring (bicyclic) bond motifs is 2. The summed E-state index contributed by atoms with van der Waals surface area (Å²) in [5.74, 6) is 0. The van der Waals surface area contributed by atoms with E-state index in [4.69, 9.17) is 15.9 Å². The van der Waals surface area contributed by atoms with Crippen molar-refractivity contribution in [3.05, 3.63) is 68.8 Å². The van der Waals surface area contributed by atoms with E-state index in [0.717, 1.165) is 51.6 Å². The Morgan fingerprint density at radius 2 is 1.46 bits per heavy atom. The highest BCUT2D eigenvalue weighted by molar-refractivity contribution is 8.24. The van der Waals surface area contributed by atoms with E-state index in [1.807, 2.05) is 0 Å². The molecule has 220 valence electrons. The molecule has 0 bridgehead atoms. The number of hydrogen-bond donors (Lipinski definition) is 1. The first-order valence-corrected chi connectivity index (χ1v) is 18.1. The van der Waals surface area contributed by atoms with E-state index in [2.05, 4.69) is 84.8 Å². The average molecular weight is 614 g/mol. The molecule has 0 amide bonds. The van der Waals surface area contributed by atoms with Crippen LogP contribution in [0.1, 0.15) is 89.5 Å². The molecular weight excluding hydrogens is 566 g/mol. The van der Waals surface area contributed by atoms with Crippen LogP contribution in [0.15, 0.2) is 24.3 Å². The van der Waals surface area contributed by atoms with Crippen LogP contribution in [0.3, 0.4) is 0 Å². The van der Waals surface area contributed by atoms with Gasteiger partial charge in [0.2, 0.25) is 0 Å². The maximum Gasteiger partial charge on any atom is 0.355 e. The van der Waals surface area contributed by atoms with Crippen molar-refractivity contribution in [2.75, 3.05) is 19.8 Å². The molecule has 5 nitrogen and oxygen atoms in total. The van der Waals surface area contributed by atoms with E-state index in [0.29, 0.717) is 13.0 Å². The molecule has 5 unspecified atom stereocenters. The van der Waals surface area contributed by atoms with Crippen LogP contribution >= 0.6 is 15.9 Å². The summed E-state index contributed by atoms with van der Waals surface area (Å²) < 4.78 is 17.8. The van der Waals surface area contributed by atoms with Gasteiger partial charge in [-0.25, -0.2) is 0 Å². The van der Waals surface area contributed by atoms with Gasteiger partial charge in [0.05, 0.1) is 31.9 Å². The number of aliphatic hydroxyl groups excluding tert-OH is 1. The molecular formula is C33H45N2O3P2S+. The number of ether oxygens (including phenoxy) is 2. The topological polar surface area (TPSA) is 86.3 Å². The van der Waals surface area contributed by atoms with Gasteiger partial charge >= 0.3 is 1.28 Å². The average Bonchev–Trinajstić information content (AvgIpc) is 2.96. The minimum Gasteiger partial charge on any atom is -0.396 e. The lowest BCUT2D eigenvalue weighted by molar-refractivity contribution is -0.163. The number of benzene rings is 2. The lowest BCUT2D eigenvalue weighted by Gasteiger charge is -2.39. The lowest BCUT2D eigenvalue weighted by atomic mass is 9.62. The third kappa shape index (κ3) is 8.00. The third-order valence-electron chi connectivity index (χ3n) is 8.83. The molecule has 0 saturated carbocycles. The van der Waals surface area contributed by atoms with Crippen molar-refractivity contribution >= 4 is 27.7 Å². The minimum absolute atomic E-state index is 0.0228. The van der Waals surface area contributed by atoms with Crippen LogP contribution < -0.4 is 0 Å².